The molecule has 0 fully saturated rings. The summed E-state index contributed by atoms with van der Waals surface area (Å²) in [5.41, 5.74) is 8.36. The van der Waals surface area contributed by atoms with Crippen molar-refractivity contribution in [2.75, 3.05) is 4.90 Å². The second kappa shape index (κ2) is 18.3. The second-order valence-electron chi connectivity index (χ2n) is 19.5. The van der Waals surface area contributed by atoms with E-state index in [1.54, 1.807) is 0 Å². The number of benzene rings is 10. The van der Waals surface area contributed by atoms with Gasteiger partial charge in [-0.3, -0.25) is 4.98 Å². The number of aromatic nitrogens is 4. The van der Waals surface area contributed by atoms with Crippen LogP contribution in [0.4, 0.5) is 17.1 Å². The van der Waals surface area contributed by atoms with Gasteiger partial charge in [-0.15, -0.1) is 34.8 Å². The molecule has 1 aliphatic rings. The van der Waals surface area contributed by atoms with Gasteiger partial charge in [0.05, 0.1) is 11.2 Å². The standard InChI is InChI=1S/C68H45N5Si2.Pd/c1-6-22-48(23-7-1)72-62-37-18-19-38-65(62)75(52-29-12-4-13-30-52,53-31-14-5-15-32-53)66-46-59-58-35-21-41-69-68(58)73(63(59)47-64(66)72)49-24-20-33-54(44-49)74(50-25-8-2-9-26-50,51-27-10-3-11-28-51)55-39-40-56-57-34-16-17-36-61(57)71-43-42-70-67(71)60(56)45-55;/h1-43,46-47H;/q-2;+2. The molecule has 0 saturated heterocycles. The summed E-state index contributed by atoms with van der Waals surface area (Å²) < 4.78 is 4.57. The van der Waals surface area contributed by atoms with Crippen molar-refractivity contribution in [2.24, 2.45) is 0 Å². The first-order chi connectivity index (χ1) is 37.2. The summed E-state index contributed by atoms with van der Waals surface area (Å²) in [5.74, 6) is 0. The molecule has 10 aromatic carbocycles. The van der Waals surface area contributed by atoms with Crippen LogP contribution in [-0.4, -0.2) is 35.1 Å². The zero-order valence-corrected chi connectivity index (χ0v) is 44.6. The number of pyridine rings is 2. The molecule has 0 bridgehead atoms. The number of nitrogens with zero attached hydrogens (tertiary/aromatic N) is 5. The zero-order chi connectivity index (χ0) is 49.5. The molecule has 5 heterocycles. The molecule has 0 saturated carbocycles. The van der Waals surface area contributed by atoms with Crippen molar-refractivity contribution in [2.45, 2.75) is 0 Å². The number of hydrogen-bond donors (Lipinski definition) is 0. The number of rotatable bonds is 8. The molecule has 14 aromatic rings. The number of imidazole rings is 1. The third-order valence-electron chi connectivity index (χ3n) is 15.8. The molecule has 8 heteroatoms. The molecular formula is C68H45N5PdSi2. The van der Waals surface area contributed by atoms with Gasteiger partial charge in [0.15, 0.2) is 8.07 Å². The van der Waals surface area contributed by atoms with Gasteiger partial charge < -0.3 is 13.9 Å². The minimum absolute atomic E-state index is 0. The molecule has 360 valence electrons. The van der Waals surface area contributed by atoms with E-state index < -0.39 is 16.1 Å². The summed E-state index contributed by atoms with van der Waals surface area (Å²) in [6, 6.07) is 102. The Labute approximate surface area is 456 Å². The molecule has 0 atom stereocenters. The minimum Gasteiger partial charge on any atom is -0.340 e. The Morgan fingerprint density at radius 2 is 1.01 bits per heavy atom. The first kappa shape index (κ1) is 45.8. The maximum atomic E-state index is 5.28. The van der Waals surface area contributed by atoms with Crippen LogP contribution in [0, 0.1) is 12.1 Å². The third-order valence-corrected chi connectivity index (χ3v) is 25.2. The molecule has 0 amide bonds. The van der Waals surface area contributed by atoms with Crippen LogP contribution in [0.1, 0.15) is 0 Å². The van der Waals surface area contributed by atoms with Crippen LogP contribution < -0.4 is 46.4 Å². The van der Waals surface area contributed by atoms with Gasteiger partial charge in [0, 0.05) is 51.9 Å². The van der Waals surface area contributed by atoms with E-state index in [0.717, 1.165) is 71.3 Å². The summed E-state index contributed by atoms with van der Waals surface area (Å²) >= 11 is 0. The largest absolute Gasteiger partial charge is 2.00 e. The fourth-order valence-electron chi connectivity index (χ4n) is 12.7. The van der Waals surface area contributed by atoms with E-state index in [4.69, 9.17) is 9.97 Å². The Hall–Kier alpha value is -8.74. The van der Waals surface area contributed by atoms with E-state index in [-0.39, 0.29) is 20.4 Å². The molecule has 0 aliphatic carbocycles. The SMILES string of the molecule is [Pd+2].[c-]1c(-n2c3cc4c(cc3c3cccnc32)[Si](c2ccccc2)(c2ccccc2)c2ccccc2N4c2ccccc2)cccc1[Si](c1[c-]c2c(cc1)c1ccccc1n1ccnc21)(c1ccccc1)c1ccccc1. The monoisotopic (exact) mass is 1090 g/mol. The van der Waals surface area contributed by atoms with E-state index in [9.17, 15) is 0 Å². The van der Waals surface area contributed by atoms with Crippen molar-refractivity contribution >= 4 is 124 Å². The molecule has 0 spiro atoms. The quantitative estimate of drug-likeness (QED) is 0.0659. The van der Waals surface area contributed by atoms with Crippen LogP contribution in [0.5, 0.6) is 0 Å². The van der Waals surface area contributed by atoms with E-state index >= 15 is 0 Å². The molecule has 0 N–H and O–H groups in total. The van der Waals surface area contributed by atoms with Gasteiger partial charge in [0.25, 0.3) is 0 Å². The molecule has 4 aromatic heterocycles. The molecule has 0 radical (unpaired) electrons. The molecule has 15 rings (SSSR count). The van der Waals surface area contributed by atoms with Crippen molar-refractivity contribution in [3.8, 4) is 5.69 Å². The predicted octanol–water partition coefficient (Wildman–Crippen LogP) is 10.3. The molecular weight excluding hydrogens is 1050 g/mol. The summed E-state index contributed by atoms with van der Waals surface area (Å²) in [4.78, 5) is 12.8. The van der Waals surface area contributed by atoms with Gasteiger partial charge in [-0.2, -0.15) is 23.4 Å². The summed E-state index contributed by atoms with van der Waals surface area (Å²) in [6.45, 7) is 0. The number of para-hydroxylation sites is 3. The van der Waals surface area contributed by atoms with Crippen LogP contribution in [0.2, 0.25) is 0 Å². The summed E-state index contributed by atoms with van der Waals surface area (Å²) in [7, 11) is -6.23. The zero-order valence-electron chi connectivity index (χ0n) is 41.0. The molecule has 0 unspecified atom stereocenters. The Morgan fingerprint density at radius 1 is 0.408 bits per heavy atom. The number of anilines is 3. The smallest absolute Gasteiger partial charge is 0.340 e. The maximum Gasteiger partial charge on any atom is 2.00 e. The topological polar surface area (TPSA) is 38.4 Å². The van der Waals surface area contributed by atoms with Gasteiger partial charge in [-0.05, 0) is 85.0 Å². The molecule has 5 nitrogen and oxygen atoms in total. The van der Waals surface area contributed by atoms with Crippen molar-refractivity contribution < 1.29 is 20.4 Å². The van der Waals surface area contributed by atoms with Gasteiger partial charge in [-0.1, -0.05) is 187 Å². The van der Waals surface area contributed by atoms with Gasteiger partial charge in [0.2, 0.25) is 0 Å². The Kier molecular flexibility index (Phi) is 11.0. The summed E-state index contributed by atoms with van der Waals surface area (Å²) in [5, 5.41) is 15.7. The average Bonchev–Trinajstić information content (AvgIpc) is 4.21. The fourth-order valence-corrected chi connectivity index (χ4v) is 22.4. The van der Waals surface area contributed by atoms with Crippen molar-refractivity contribution in [1.29, 1.82) is 0 Å². The molecule has 76 heavy (non-hydrogen) atoms. The van der Waals surface area contributed by atoms with E-state index in [1.165, 1.54) is 42.2 Å². The van der Waals surface area contributed by atoms with Crippen LogP contribution in [0.25, 0.3) is 54.9 Å². The van der Waals surface area contributed by atoms with E-state index in [2.05, 4.69) is 287 Å². The Bertz CT molecular complexity index is 4410. The summed E-state index contributed by atoms with van der Waals surface area (Å²) in [6.07, 6.45) is 5.89. The first-order valence-electron chi connectivity index (χ1n) is 25.6. The van der Waals surface area contributed by atoms with Crippen LogP contribution in [0.15, 0.2) is 273 Å². The van der Waals surface area contributed by atoms with E-state index in [0.29, 0.717) is 0 Å². The van der Waals surface area contributed by atoms with Crippen molar-refractivity contribution in [1.82, 2.24) is 18.9 Å². The van der Waals surface area contributed by atoms with E-state index in [1.807, 2.05) is 12.4 Å². The normalized spacial score (nSPS) is 13.0. The maximum absolute atomic E-state index is 5.28. The second-order valence-corrected chi connectivity index (χ2v) is 27.0. The van der Waals surface area contributed by atoms with Gasteiger partial charge >= 0.3 is 20.4 Å². The van der Waals surface area contributed by atoms with Crippen molar-refractivity contribution in [3.05, 3.63) is 286 Å². The minimum atomic E-state index is -3.23. The van der Waals surface area contributed by atoms with Gasteiger partial charge in [-0.25, -0.2) is 4.98 Å². The van der Waals surface area contributed by atoms with Gasteiger partial charge in [0.1, 0.15) is 13.7 Å². The number of fused-ring (bicyclic) bond motifs is 11. The van der Waals surface area contributed by atoms with Crippen LogP contribution >= 0.6 is 0 Å². The Morgan fingerprint density at radius 3 is 1.74 bits per heavy atom. The average molecular weight is 1090 g/mol. The fraction of sp³-hybridized carbons (Fsp3) is 0. The molecule has 1 aliphatic heterocycles. The first-order valence-corrected chi connectivity index (χ1v) is 29.6. The Balaban J connectivity index is 0.00000528. The predicted molar refractivity (Wildman–Crippen MR) is 315 cm³/mol. The number of hydrogen-bond acceptors (Lipinski definition) is 3. The van der Waals surface area contributed by atoms with Crippen LogP contribution in [0.3, 0.4) is 0 Å². The van der Waals surface area contributed by atoms with Crippen molar-refractivity contribution in [3.63, 3.8) is 0 Å². The third kappa shape index (κ3) is 6.65. The van der Waals surface area contributed by atoms with Crippen LogP contribution in [-0.2, 0) is 20.4 Å².